The predicted octanol–water partition coefficient (Wildman–Crippen LogP) is -1.14. The number of nitrogens with zero attached hydrogens (tertiary/aromatic N) is 1. The molecule has 0 spiro atoms. The number of rotatable bonds is 5. The van der Waals surface area contributed by atoms with Gasteiger partial charge in [0.2, 0.25) is 11.8 Å². The second-order valence-electron chi connectivity index (χ2n) is 6.65. The van der Waals surface area contributed by atoms with Crippen molar-refractivity contribution in [2.24, 2.45) is 5.41 Å². The minimum atomic E-state index is -1.46. The van der Waals surface area contributed by atoms with Crippen molar-refractivity contribution in [3.05, 3.63) is 0 Å². The summed E-state index contributed by atoms with van der Waals surface area (Å²) < 4.78 is 0. The minimum Gasteiger partial charge on any atom is -0.394 e. The first-order valence-electron chi connectivity index (χ1n) is 7.16. The highest BCUT2D eigenvalue weighted by atomic mass is 16.3. The lowest BCUT2D eigenvalue weighted by molar-refractivity contribution is -0.145. The molecule has 1 fully saturated rings. The topological polar surface area (TPSA) is 110 Å². The molecule has 7 heteroatoms. The summed E-state index contributed by atoms with van der Waals surface area (Å²) >= 11 is 0. The number of carbonyl (C=O) groups is 2. The maximum Gasteiger partial charge on any atom is 0.243 e. The van der Waals surface area contributed by atoms with Gasteiger partial charge >= 0.3 is 0 Å². The van der Waals surface area contributed by atoms with Crippen LogP contribution in [0, 0.1) is 5.41 Å². The fourth-order valence-electron chi connectivity index (χ4n) is 2.33. The highest BCUT2D eigenvalue weighted by Gasteiger charge is 2.41. The van der Waals surface area contributed by atoms with Crippen molar-refractivity contribution in [2.45, 2.75) is 45.2 Å². The van der Waals surface area contributed by atoms with Crippen molar-refractivity contribution in [3.63, 3.8) is 0 Å². The predicted molar refractivity (Wildman–Crippen MR) is 76.3 cm³/mol. The van der Waals surface area contributed by atoms with E-state index in [0.717, 1.165) is 6.42 Å². The third-order valence-corrected chi connectivity index (χ3v) is 3.75. The summed E-state index contributed by atoms with van der Waals surface area (Å²) in [6, 6.07) is -0.624. The zero-order chi connectivity index (χ0) is 16.3. The van der Waals surface area contributed by atoms with Crippen LogP contribution in [0.4, 0.5) is 0 Å². The van der Waals surface area contributed by atoms with Crippen LogP contribution in [0.3, 0.4) is 0 Å². The van der Waals surface area contributed by atoms with Gasteiger partial charge in [0.15, 0.2) is 0 Å². The average molecular weight is 302 g/mol. The third kappa shape index (κ3) is 3.93. The summed E-state index contributed by atoms with van der Waals surface area (Å²) in [5, 5.41) is 30.2. The molecule has 7 nitrogen and oxygen atoms in total. The Balaban J connectivity index is 2.84. The van der Waals surface area contributed by atoms with Gasteiger partial charge in [-0.1, -0.05) is 20.8 Å². The van der Waals surface area contributed by atoms with Gasteiger partial charge in [-0.25, -0.2) is 0 Å². The molecule has 1 saturated heterocycles. The Labute approximate surface area is 124 Å². The van der Waals surface area contributed by atoms with E-state index in [9.17, 15) is 24.9 Å². The summed E-state index contributed by atoms with van der Waals surface area (Å²) in [5.41, 5.74) is -2.04. The Morgan fingerprint density at radius 2 is 1.67 bits per heavy atom. The molecule has 1 unspecified atom stereocenters. The first kappa shape index (κ1) is 17.9. The fourth-order valence-corrected chi connectivity index (χ4v) is 2.33. The molecule has 0 aliphatic carbocycles. The zero-order valence-corrected chi connectivity index (χ0v) is 12.9. The maximum absolute atomic E-state index is 12.4. The first-order valence-corrected chi connectivity index (χ1v) is 7.16. The molecule has 0 aromatic rings. The highest BCUT2D eigenvalue weighted by molar-refractivity contribution is 5.90. The first-order chi connectivity index (χ1) is 9.70. The zero-order valence-electron chi connectivity index (χ0n) is 12.9. The molecule has 1 aliphatic rings. The molecule has 0 aromatic heterocycles. The van der Waals surface area contributed by atoms with Crippen molar-refractivity contribution >= 4 is 11.8 Å². The van der Waals surface area contributed by atoms with Crippen LogP contribution in [0.1, 0.15) is 33.6 Å². The summed E-state index contributed by atoms with van der Waals surface area (Å²) in [7, 11) is 0. The molecule has 1 rings (SSSR count). The number of carbonyl (C=O) groups excluding carboxylic acids is 2. The van der Waals surface area contributed by atoms with Gasteiger partial charge in [0.1, 0.15) is 11.6 Å². The molecule has 2 amide bonds. The summed E-state index contributed by atoms with van der Waals surface area (Å²) in [4.78, 5) is 26.2. The van der Waals surface area contributed by atoms with Crippen molar-refractivity contribution in [2.75, 3.05) is 26.4 Å². The van der Waals surface area contributed by atoms with E-state index in [1.165, 1.54) is 4.90 Å². The number of aliphatic hydroxyl groups excluding tert-OH is 3. The molecule has 122 valence electrons. The minimum absolute atomic E-state index is 0.109. The van der Waals surface area contributed by atoms with Crippen LogP contribution >= 0.6 is 0 Å². The number of amides is 2. The van der Waals surface area contributed by atoms with Crippen LogP contribution in [0.25, 0.3) is 0 Å². The number of hydrogen-bond donors (Lipinski definition) is 4. The number of aliphatic hydroxyl groups is 3. The van der Waals surface area contributed by atoms with Crippen LogP contribution in [0.5, 0.6) is 0 Å². The molecule has 1 aliphatic heterocycles. The van der Waals surface area contributed by atoms with E-state index in [1.807, 2.05) is 0 Å². The van der Waals surface area contributed by atoms with Crippen molar-refractivity contribution in [1.29, 1.82) is 0 Å². The number of hydrogen-bond acceptors (Lipinski definition) is 5. The molecule has 4 N–H and O–H groups in total. The third-order valence-electron chi connectivity index (χ3n) is 3.75. The Morgan fingerprint density at radius 1 is 1.14 bits per heavy atom. The van der Waals surface area contributed by atoms with E-state index in [-0.39, 0.29) is 5.91 Å². The van der Waals surface area contributed by atoms with Gasteiger partial charge in [-0.05, 0) is 12.8 Å². The van der Waals surface area contributed by atoms with Crippen molar-refractivity contribution < 1.29 is 24.9 Å². The van der Waals surface area contributed by atoms with Crippen LogP contribution in [0.15, 0.2) is 0 Å². The van der Waals surface area contributed by atoms with Gasteiger partial charge in [-0.15, -0.1) is 0 Å². The largest absolute Gasteiger partial charge is 0.394 e. The van der Waals surface area contributed by atoms with Gasteiger partial charge in [-0.3, -0.25) is 9.59 Å². The van der Waals surface area contributed by atoms with E-state index in [4.69, 9.17) is 0 Å². The molecule has 0 radical (unpaired) electrons. The van der Waals surface area contributed by atoms with Gasteiger partial charge in [0.05, 0.1) is 19.8 Å². The summed E-state index contributed by atoms with van der Waals surface area (Å²) in [5.74, 6) is -0.565. The molecule has 0 bridgehead atoms. The fraction of sp³-hybridized carbons (Fsp3) is 0.857. The maximum atomic E-state index is 12.4. The Kier molecular flexibility index (Phi) is 5.72. The second kappa shape index (κ2) is 6.72. The van der Waals surface area contributed by atoms with Crippen molar-refractivity contribution in [3.8, 4) is 0 Å². The Morgan fingerprint density at radius 3 is 2.10 bits per heavy atom. The standard InChI is InChI=1S/C14H26N2O5/c1-13(2,3)12(21)16-6-4-5-10(16)11(20)15-14(7-17,8-18)9-19/h10,17-19H,4-9H2,1-3H3,(H,15,20). The summed E-state index contributed by atoms with van der Waals surface area (Å²) in [6.07, 6.45) is 1.26. The van der Waals surface area contributed by atoms with Crippen LogP contribution in [-0.2, 0) is 9.59 Å². The van der Waals surface area contributed by atoms with E-state index in [1.54, 1.807) is 20.8 Å². The molecular weight excluding hydrogens is 276 g/mol. The SMILES string of the molecule is CC(C)(C)C(=O)N1CCCC1C(=O)NC(CO)(CO)CO. The lowest BCUT2D eigenvalue weighted by atomic mass is 9.94. The van der Waals surface area contributed by atoms with Crippen LogP contribution < -0.4 is 5.32 Å². The van der Waals surface area contributed by atoms with Gasteiger partial charge in [0.25, 0.3) is 0 Å². The lowest BCUT2D eigenvalue weighted by Gasteiger charge is -2.34. The molecule has 1 heterocycles. The second-order valence-corrected chi connectivity index (χ2v) is 6.65. The van der Waals surface area contributed by atoms with Crippen molar-refractivity contribution in [1.82, 2.24) is 10.2 Å². The quantitative estimate of drug-likeness (QED) is 0.513. The van der Waals surface area contributed by atoms with Crippen LogP contribution in [-0.4, -0.2) is 70.0 Å². The Bertz CT molecular complexity index is 379. The highest BCUT2D eigenvalue weighted by Crippen LogP contribution is 2.25. The van der Waals surface area contributed by atoms with E-state index in [2.05, 4.69) is 5.32 Å². The normalized spacial score (nSPS) is 19.7. The van der Waals surface area contributed by atoms with Crippen LogP contribution in [0.2, 0.25) is 0 Å². The molecule has 21 heavy (non-hydrogen) atoms. The molecule has 1 atom stereocenters. The average Bonchev–Trinajstić information content (AvgIpc) is 2.92. The smallest absolute Gasteiger partial charge is 0.243 e. The monoisotopic (exact) mass is 302 g/mol. The van der Waals surface area contributed by atoms with E-state index >= 15 is 0 Å². The molecule has 0 saturated carbocycles. The molecular formula is C14H26N2O5. The van der Waals surface area contributed by atoms with Gasteiger partial charge < -0.3 is 25.5 Å². The van der Waals surface area contributed by atoms with Gasteiger partial charge in [-0.2, -0.15) is 0 Å². The lowest BCUT2D eigenvalue weighted by Crippen LogP contribution is -2.61. The van der Waals surface area contributed by atoms with E-state index in [0.29, 0.717) is 13.0 Å². The number of likely N-dealkylation sites (tertiary alicyclic amines) is 1. The molecule has 0 aromatic carbocycles. The summed E-state index contributed by atoms with van der Waals surface area (Å²) in [6.45, 7) is 4.16. The number of nitrogens with one attached hydrogen (secondary N) is 1. The van der Waals surface area contributed by atoms with Gasteiger partial charge in [0, 0.05) is 12.0 Å². The van der Waals surface area contributed by atoms with E-state index < -0.39 is 42.7 Å². The Hall–Kier alpha value is -1.18.